The lowest BCUT2D eigenvalue weighted by molar-refractivity contribution is 0.0338. The second kappa shape index (κ2) is 5.20. The average molecular weight is 285 g/mol. The van der Waals surface area contributed by atoms with E-state index in [4.69, 9.17) is 0 Å². The van der Waals surface area contributed by atoms with Crippen LogP contribution in [0, 0.1) is 6.92 Å². The van der Waals surface area contributed by atoms with E-state index in [2.05, 4.69) is 4.72 Å². The van der Waals surface area contributed by atoms with E-state index in [1.807, 2.05) is 31.2 Å². The fourth-order valence-electron chi connectivity index (χ4n) is 2.75. The van der Waals surface area contributed by atoms with Gasteiger partial charge in [-0.05, 0) is 24.5 Å². The molecule has 0 spiro atoms. The summed E-state index contributed by atoms with van der Waals surface area (Å²) in [6.07, 6.45) is -0.596. The van der Waals surface area contributed by atoms with Crippen LogP contribution in [0.4, 0.5) is 0 Å². The predicted molar refractivity (Wildman–Crippen MR) is 72.3 cm³/mol. The number of aryl methyl sites for hydroxylation is 1. The highest BCUT2D eigenvalue weighted by molar-refractivity contribution is 7.88. The molecule has 2 rings (SSSR count). The van der Waals surface area contributed by atoms with Gasteiger partial charge in [0.1, 0.15) is 0 Å². The number of rotatable bonds is 3. The molecule has 1 aliphatic rings. The second-order valence-electron chi connectivity index (χ2n) is 5.17. The van der Waals surface area contributed by atoms with Crippen LogP contribution in [0.1, 0.15) is 23.5 Å². The minimum Gasteiger partial charge on any atom is -0.390 e. The molecule has 1 aliphatic carbocycles. The zero-order valence-corrected chi connectivity index (χ0v) is 11.8. The number of nitrogens with one attached hydrogen (secondary N) is 1. The van der Waals surface area contributed by atoms with Crippen molar-refractivity contribution >= 4 is 10.0 Å². The summed E-state index contributed by atoms with van der Waals surface area (Å²) >= 11 is 0. The van der Waals surface area contributed by atoms with Gasteiger partial charge in [0.15, 0.2) is 0 Å². The van der Waals surface area contributed by atoms with Gasteiger partial charge < -0.3 is 10.2 Å². The third kappa shape index (κ3) is 3.14. The maximum Gasteiger partial charge on any atom is 0.209 e. The second-order valence-corrected chi connectivity index (χ2v) is 6.95. The van der Waals surface area contributed by atoms with Crippen LogP contribution < -0.4 is 4.72 Å². The van der Waals surface area contributed by atoms with Gasteiger partial charge in [0.05, 0.1) is 24.5 Å². The molecule has 1 fully saturated rings. The zero-order valence-electron chi connectivity index (χ0n) is 10.9. The predicted octanol–water partition coefficient (Wildman–Crippen LogP) is 0.122. The van der Waals surface area contributed by atoms with E-state index in [0.717, 1.165) is 17.4 Å². The van der Waals surface area contributed by atoms with Gasteiger partial charge in [-0.2, -0.15) is 0 Å². The number of aliphatic hydroxyl groups excluding tert-OH is 2. The Hall–Kier alpha value is -0.950. The van der Waals surface area contributed by atoms with E-state index < -0.39 is 28.3 Å². The fourth-order valence-corrected chi connectivity index (χ4v) is 3.54. The first kappa shape index (κ1) is 14.5. The van der Waals surface area contributed by atoms with Crippen molar-refractivity contribution in [3.63, 3.8) is 0 Å². The molecule has 4 atom stereocenters. The average Bonchev–Trinajstić information content (AvgIpc) is 2.56. The van der Waals surface area contributed by atoms with Crippen molar-refractivity contribution in [1.29, 1.82) is 0 Å². The normalized spacial score (nSPS) is 31.6. The molecule has 106 valence electrons. The molecule has 3 N–H and O–H groups in total. The van der Waals surface area contributed by atoms with Gasteiger partial charge in [0.25, 0.3) is 0 Å². The standard InChI is InChI=1S/C13H19NO4S/c1-8-5-3-4-6-9(8)10-7-11(15)13(16)12(10)14-19(2,17)18/h3-6,10-16H,7H2,1-2H3. The Morgan fingerprint density at radius 3 is 2.47 bits per heavy atom. The van der Waals surface area contributed by atoms with E-state index in [1.165, 1.54) is 0 Å². The van der Waals surface area contributed by atoms with Crippen LogP contribution in [-0.4, -0.2) is 43.1 Å². The first-order valence-corrected chi connectivity index (χ1v) is 8.07. The molecule has 0 heterocycles. The van der Waals surface area contributed by atoms with E-state index >= 15 is 0 Å². The van der Waals surface area contributed by atoms with Gasteiger partial charge in [-0.15, -0.1) is 0 Å². The molecule has 1 saturated carbocycles. The molecule has 0 amide bonds. The van der Waals surface area contributed by atoms with Gasteiger partial charge in [-0.25, -0.2) is 13.1 Å². The fraction of sp³-hybridized carbons (Fsp3) is 0.538. The monoisotopic (exact) mass is 285 g/mol. The van der Waals surface area contributed by atoms with Crippen LogP contribution in [0.15, 0.2) is 24.3 Å². The molecular formula is C13H19NO4S. The topological polar surface area (TPSA) is 86.6 Å². The Kier molecular flexibility index (Phi) is 3.96. The van der Waals surface area contributed by atoms with Crippen LogP contribution in [0.25, 0.3) is 0 Å². The van der Waals surface area contributed by atoms with Crippen LogP contribution >= 0.6 is 0 Å². The highest BCUT2D eigenvalue weighted by Crippen LogP contribution is 2.36. The van der Waals surface area contributed by atoms with Crippen LogP contribution in [0.3, 0.4) is 0 Å². The SMILES string of the molecule is Cc1ccccc1C1CC(O)C(O)C1NS(C)(=O)=O. The highest BCUT2D eigenvalue weighted by Gasteiger charge is 2.43. The molecule has 0 aromatic heterocycles. The lowest BCUT2D eigenvalue weighted by Crippen LogP contribution is -2.44. The first-order chi connectivity index (χ1) is 8.79. The van der Waals surface area contributed by atoms with Crippen molar-refractivity contribution in [2.75, 3.05) is 6.26 Å². The van der Waals surface area contributed by atoms with E-state index in [0.29, 0.717) is 6.42 Å². The van der Waals surface area contributed by atoms with Crippen molar-refractivity contribution in [2.45, 2.75) is 37.5 Å². The lowest BCUT2D eigenvalue weighted by Gasteiger charge is -2.23. The number of sulfonamides is 1. The van der Waals surface area contributed by atoms with Crippen molar-refractivity contribution in [2.24, 2.45) is 0 Å². The van der Waals surface area contributed by atoms with Crippen molar-refractivity contribution in [3.05, 3.63) is 35.4 Å². The van der Waals surface area contributed by atoms with Crippen LogP contribution in [0.5, 0.6) is 0 Å². The number of hydrogen-bond donors (Lipinski definition) is 3. The summed E-state index contributed by atoms with van der Waals surface area (Å²) < 4.78 is 25.2. The summed E-state index contributed by atoms with van der Waals surface area (Å²) in [5, 5.41) is 19.8. The van der Waals surface area contributed by atoms with E-state index in [9.17, 15) is 18.6 Å². The van der Waals surface area contributed by atoms with Gasteiger partial charge in [-0.3, -0.25) is 0 Å². The third-order valence-electron chi connectivity index (χ3n) is 3.63. The molecule has 0 bridgehead atoms. The first-order valence-electron chi connectivity index (χ1n) is 6.18. The highest BCUT2D eigenvalue weighted by atomic mass is 32.2. The van der Waals surface area contributed by atoms with E-state index in [1.54, 1.807) is 0 Å². The maximum atomic E-state index is 11.4. The Bertz CT molecular complexity index is 558. The van der Waals surface area contributed by atoms with Gasteiger partial charge in [0, 0.05) is 5.92 Å². The minimum absolute atomic E-state index is 0.221. The largest absolute Gasteiger partial charge is 0.390 e. The molecule has 19 heavy (non-hydrogen) atoms. The van der Waals surface area contributed by atoms with Gasteiger partial charge >= 0.3 is 0 Å². The summed E-state index contributed by atoms with van der Waals surface area (Å²) in [5.41, 5.74) is 1.98. The van der Waals surface area contributed by atoms with Crippen molar-refractivity contribution < 1.29 is 18.6 Å². The molecule has 4 unspecified atom stereocenters. The Morgan fingerprint density at radius 2 is 1.89 bits per heavy atom. The molecule has 0 aliphatic heterocycles. The molecule has 5 nitrogen and oxygen atoms in total. The van der Waals surface area contributed by atoms with Crippen molar-refractivity contribution in [1.82, 2.24) is 4.72 Å². The Balaban J connectivity index is 2.35. The Morgan fingerprint density at radius 1 is 1.26 bits per heavy atom. The third-order valence-corrected chi connectivity index (χ3v) is 4.33. The Labute approximate surface area is 113 Å². The summed E-state index contributed by atoms with van der Waals surface area (Å²) in [6, 6.07) is 6.92. The van der Waals surface area contributed by atoms with Crippen LogP contribution in [0.2, 0.25) is 0 Å². The van der Waals surface area contributed by atoms with Crippen LogP contribution in [-0.2, 0) is 10.0 Å². The smallest absolute Gasteiger partial charge is 0.209 e. The van der Waals surface area contributed by atoms with Gasteiger partial charge in [0.2, 0.25) is 10.0 Å². The number of benzene rings is 1. The molecule has 6 heteroatoms. The molecular weight excluding hydrogens is 266 g/mol. The van der Waals surface area contributed by atoms with Gasteiger partial charge in [-0.1, -0.05) is 24.3 Å². The maximum absolute atomic E-state index is 11.4. The minimum atomic E-state index is -3.44. The van der Waals surface area contributed by atoms with Crippen molar-refractivity contribution in [3.8, 4) is 0 Å². The number of hydrogen-bond acceptors (Lipinski definition) is 4. The molecule has 1 aromatic carbocycles. The molecule has 1 aromatic rings. The van der Waals surface area contributed by atoms with E-state index in [-0.39, 0.29) is 5.92 Å². The summed E-state index contributed by atoms with van der Waals surface area (Å²) in [4.78, 5) is 0. The molecule has 0 saturated heterocycles. The zero-order chi connectivity index (χ0) is 14.2. The molecule has 0 radical (unpaired) electrons. The summed E-state index contributed by atoms with van der Waals surface area (Å²) in [5.74, 6) is -0.221. The number of aliphatic hydroxyl groups is 2. The summed E-state index contributed by atoms with van der Waals surface area (Å²) in [6.45, 7) is 1.93. The lowest BCUT2D eigenvalue weighted by atomic mass is 9.91. The quantitative estimate of drug-likeness (QED) is 0.736. The summed E-state index contributed by atoms with van der Waals surface area (Å²) in [7, 11) is -3.44.